The monoisotopic (exact) mass is 322 g/mol. The highest BCUT2D eigenvalue weighted by Gasteiger charge is 2.06. The van der Waals surface area contributed by atoms with Crippen molar-refractivity contribution in [3.05, 3.63) is 83.8 Å². The van der Waals surface area contributed by atoms with Gasteiger partial charge in [0.1, 0.15) is 11.6 Å². The maximum absolute atomic E-state index is 13.2. The van der Waals surface area contributed by atoms with E-state index >= 15 is 0 Å². The number of ether oxygens (including phenoxy) is 1. The highest BCUT2D eigenvalue weighted by atomic mass is 19.1. The molecule has 1 aromatic heterocycles. The smallest absolute Gasteiger partial charge is 0.255 e. The molecule has 120 valence electrons. The number of carbonyl (C=O) groups is 1. The van der Waals surface area contributed by atoms with E-state index < -0.39 is 0 Å². The number of nitrogens with one attached hydrogen (secondary N) is 1. The third-order valence-electron chi connectivity index (χ3n) is 3.38. The summed E-state index contributed by atoms with van der Waals surface area (Å²) in [5.41, 5.74) is 1.63. The van der Waals surface area contributed by atoms with E-state index in [1.807, 2.05) is 6.07 Å². The summed E-state index contributed by atoms with van der Waals surface area (Å²) in [5, 5.41) is 2.76. The van der Waals surface area contributed by atoms with Crippen molar-refractivity contribution in [1.82, 2.24) is 4.98 Å². The molecule has 1 N–H and O–H groups in total. The lowest BCUT2D eigenvalue weighted by atomic mass is 10.2. The Morgan fingerprint density at radius 3 is 2.54 bits per heavy atom. The predicted octanol–water partition coefficient (Wildman–Crippen LogP) is 4.57. The molecule has 0 radical (unpaired) electrons. The zero-order chi connectivity index (χ0) is 16.9. The van der Waals surface area contributed by atoms with E-state index in [1.165, 1.54) is 18.3 Å². The molecule has 2 aromatic carbocycles. The first-order chi connectivity index (χ1) is 11.6. The Kier molecular flexibility index (Phi) is 4.52. The number of carbonyl (C=O) groups excluding carboxylic acids is 1. The van der Waals surface area contributed by atoms with Gasteiger partial charge in [-0.05, 0) is 48.9 Å². The number of benzene rings is 2. The molecule has 0 aliphatic rings. The van der Waals surface area contributed by atoms with Crippen LogP contribution in [-0.4, -0.2) is 10.9 Å². The van der Waals surface area contributed by atoms with Crippen molar-refractivity contribution >= 4 is 11.6 Å². The van der Waals surface area contributed by atoms with E-state index in [0.717, 1.165) is 0 Å². The van der Waals surface area contributed by atoms with Gasteiger partial charge in [-0.2, -0.15) is 0 Å². The molecule has 0 bridgehead atoms. The summed E-state index contributed by atoms with van der Waals surface area (Å²) in [6.45, 7) is 1.66. The van der Waals surface area contributed by atoms with Gasteiger partial charge >= 0.3 is 0 Å². The minimum absolute atomic E-state index is 0.208. The van der Waals surface area contributed by atoms with Gasteiger partial charge in [-0.25, -0.2) is 9.37 Å². The average molecular weight is 322 g/mol. The van der Waals surface area contributed by atoms with Gasteiger partial charge in [0.2, 0.25) is 5.88 Å². The highest BCUT2D eigenvalue weighted by molar-refractivity contribution is 6.04. The Hall–Kier alpha value is -3.21. The van der Waals surface area contributed by atoms with Crippen molar-refractivity contribution in [2.45, 2.75) is 6.92 Å². The molecule has 0 spiro atoms. The lowest BCUT2D eigenvalue weighted by Crippen LogP contribution is -2.11. The van der Waals surface area contributed by atoms with E-state index in [4.69, 9.17) is 4.74 Å². The van der Waals surface area contributed by atoms with Crippen LogP contribution in [0.1, 0.15) is 15.9 Å². The van der Waals surface area contributed by atoms with Gasteiger partial charge in [0.15, 0.2) is 0 Å². The highest BCUT2D eigenvalue weighted by Crippen LogP contribution is 2.22. The topological polar surface area (TPSA) is 51.2 Å². The predicted molar refractivity (Wildman–Crippen MR) is 89.8 cm³/mol. The van der Waals surface area contributed by atoms with E-state index in [9.17, 15) is 9.18 Å². The fraction of sp³-hybridized carbons (Fsp3) is 0.0526. The Bertz CT molecular complexity index is 849. The van der Waals surface area contributed by atoms with Gasteiger partial charge in [-0.3, -0.25) is 4.79 Å². The Balaban J connectivity index is 1.67. The van der Waals surface area contributed by atoms with Crippen molar-refractivity contribution in [2.24, 2.45) is 0 Å². The van der Waals surface area contributed by atoms with Gasteiger partial charge in [-0.15, -0.1) is 0 Å². The third kappa shape index (κ3) is 3.76. The van der Waals surface area contributed by atoms with E-state index in [1.54, 1.807) is 49.4 Å². The van der Waals surface area contributed by atoms with E-state index in [0.29, 0.717) is 28.4 Å². The molecule has 0 saturated heterocycles. The molecule has 4 nitrogen and oxygen atoms in total. The molecule has 0 unspecified atom stereocenters. The standard InChI is InChI=1S/C19H15FN2O2/c1-13-11-16(8-9-17(13)20)24-18-10-7-15(12-21-18)22-19(23)14-5-3-2-4-6-14/h2-12H,1H3,(H,22,23). The maximum atomic E-state index is 13.2. The molecule has 0 aliphatic carbocycles. The quantitative estimate of drug-likeness (QED) is 0.765. The summed E-state index contributed by atoms with van der Waals surface area (Å²) in [4.78, 5) is 16.2. The van der Waals surface area contributed by atoms with Gasteiger partial charge in [0.25, 0.3) is 5.91 Å². The van der Waals surface area contributed by atoms with Crippen LogP contribution in [-0.2, 0) is 0 Å². The number of amides is 1. The first kappa shape index (κ1) is 15.7. The molecule has 1 heterocycles. The van der Waals surface area contributed by atoms with Crippen LogP contribution in [0.4, 0.5) is 10.1 Å². The van der Waals surface area contributed by atoms with Crippen LogP contribution in [0.2, 0.25) is 0 Å². The molecule has 5 heteroatoms. The molecule has 0 aliphatic heterocycles. The van der Waals surface area contributed by atoms with Crippen molar-refractivity contribution < 1.29 is 13.9 Å². The summed E-state index contributed by atoms with van der Waals surface area (Å²) in [5.74, 6) is 0.371. The summed E-state index contributed by atoms with van der Waals surface area (Å²) >= 11 is 0. The first-order valence-electron chi connectivity index (χ1n) is 7.38. The SMILES string of the molecule is Cc1cc(Oc2ccc(NC(=O)c3ccccc3)cn2)ccc1F. The second kappa shape index (κ2) is 6.91. The Morgan fingerprint density at radius 1 is 1.08 bits per heavy atom. The fourth-order valence-corrected chi connectivity index (χ4v) is 2.11. The second-order valence-corrected chi connectivity index (χ2v) is 5.22. The van der Waals surface area contributed by atoms with Crippen LogP contribution < -0.4 is 10.1 Å². The molecule has 0 fully saturated rings. The first-order valence-corrected chi connectivity index (χ1v) is 7.38. The van der Waals surface area contributed by atoms with Crippen molar-refractivity contribution in [3.8, 4) is 11.6 Å². The number of anilines is 1. The van der Waals surface area contributed by atoms with Gasteiger partial charge < -0.3 is 10.1 Å². The number of nitrogens with zero attached hydrogens (tertiary/aromatic N) is 1. The average Bonchev–Trinajstić information content (AvgIpc) is 2.61. The van der Waals surface area contributed by atoms with Crippen LogP contribution in [0.3, 0.4) is 0 Å². The van der Waals surface area contributed by atoms with Crippen molar-refractivity contribution in [3.63, 3.8) is 0 Å². The van der Waals surface area contributed by atoms with E-state index in [2.05, 4.69) is 10.3 Å². The molecule has 3 aromatic rings. The van der Waals surface area contributed by atoms with Crippen molar-refractivity contribution in [1.29, 1.82) is 0 Å². The number of aromatic nitrogens is 1. The third-order valence-corrected chi connectivity index (χ3v) is 3.38. The number of hydrogen-bond acceptors (Lipinski definition) is 3. The largest absolute Gasteiger partial charge is 0.439 e. The zero-order valence-corrected chi connectivity index (χ0v) is 13.0. The second-order valence-electron chi connectivity index (χ2n) is 5.22. The lowest BCUT2D eigenvalue weighted by molar-refractivity contribution is 0.102. The summed E-state index contributed by atoms with van der Waals surface area (Å²) in [7, 11) is 0. The normalized spacial score (nSPS) is 10.2. The molecule has 0 atom stereocenters. The van der Waals surface area contributed by atoms with Crippen LogP contribution in [0.5, 0.6) is 11.6 Å². The number of pyridine rings is 1. The van der Waals surface area contributed by atoms with Crippen LogP contribution >= 0.6 is 0 Å². The zero-order valence-electron chi connectivity index (χ0n) is 13.0. The van der Waals surface area contributed by atoms with Gasteiger partial charge in [0.05, 0.1) is 11.9 Å². The molecular weight excluding hydrogens is 307 g/mol. The number of halogens is 1. The summed E-state index contributed by atoms with van der Waals surface area (Å²) in [6.07, 6.45) is 1.51. The lowest BCUT2D eigenvalue weighted by Gasteiger charge is -2.08. The van der Waals surface area contributed by atoms with Crippen LogP contribution in [0, 0.1) is 12.7 Å². The molecule has 3 rings (SSSR count). The number of hydrogen-bond donors (Lipinski definition) is 1. The Labute approximate surface area is 138 Å². The van der Waals surface area contributed by atoms with Gasteiger partial charge in [-0.1, -0.05) is 18.2 Å². The molecule has 0 saturated carbocycles. The maximum Gasteiger partial charge on any atom is 0.255 e. The Morgan fingerprint density at radius 2 is 1.88 bits per heavy atom. The van der Waals surface area contributed by atoms with Gasteiger partial charge in [0, 0.05) is 11.6 Å². The number of aryl methyl sites for hydroxylation is 1. The fourth-order valence-electron chi connectivity index (χ4n) is 2.11. The summed E-state index contributed by atoms with van der Waals surface area (Å²) < 4.78 is 18.8. The minimum Gasteiger partial charge on any atom is -0.439 e. The minimum atomic E-state index is -0.283. The van der Waals surface area contributed by atoms with Crippen LogP contribution in [0.25, 0.3) is 0 Å². The molecule has 24 heavy (non-hydrogen) atoms. The molecule has 1 amide bonds. The number of rotatable bonds is 4. The van der Waals surface area contributed by atoms with Crippen LogP contribution in [0.15, 0.2) is 66.9 Å². The van der Waals surface area contributed by atoms with Crippen molar-refractivity contribution in [2.75, 3.05) is 5.32 Å². The molecular formula is C19H15FN2O2. The van der Waals surface area contributed by atoms with E-state index in [-0.39, 0.29) is 11.7 Å². The summed E-state index contributed by atoms with van der Waals surface area (Å²) in [6, 6.07) is 16.7.